The lowest BCUT2D eigenvalue weighted by molar-refractivity contribution is 0.0648. The molecule has 1 fully saturated rings. The van der Waals surface area contributed by atoms with Crippen molar-refractivity contribution in [3.8, 4) is 0 Å². The van der Waals surface area contributed by atoms with Crippen LogP contribution in [0.3, 0.4) is 0 Å². The van der Waals surface area contributed by atoms with E-state index in [0.29, 0.717) is 30.3 Å². The van der Waals surface area contributed by atoms with Gasteiger partial charge < -0.3 is 10.6 Å². The topological polar surface area (TPSA) is 67.4 Å². The van der Waals surface area contributed by atoms with Crippen LogP contribution >= 0.6 is 12.2 Å². The van der Waals surface area contributed by atoms with Crippen LogP contribution < -0.4 is 5.73 Å². The molecule has 2 rings (SSSR count). The molecule has 1 amide bonds. The van der Waals surface area contributed by atoms with Crippen molar-refractivity contribution in [1.82, 2.24) is 19.6 Å². The predicted octanol–water partition coefficient (Wildman–Crippen LogP) is -0.536. The Labute approximate surface area is 111 Å². The smallest absolute Gasteiger partial charge is 0.274 e. The highest BCUT2D eigenvalue weighted by Crippen LogP contribution is 2.06. The summed E-state index contributed by atoms with van der Waals surface area (Å²) in [6.45, 7) is 3.61. The van der Waals surface area contributed by atoms with Crippen LogP contribution in [0.1, 0.15) is 10.5 Å². The first-order chi connectivity index (χ1) is 8.56. The molecule has 0 aliphatic carbocycles. The van der Waals surface area contributed by atoms with Crippen molar-refractivity contribution < 1.29 is 4.79 Å². The fourth-order valence-electron chi connectivity index (χ4n) is 2.02. The van der Waals surface area contributed by atoms with Crippen LogP contribution in [0, 0.1) is 0 Å². The van der Waals surface area contributed by atoms with Crippen molar-refractivity contribution in [3.63, 3.8) is 0 Å². The predicted molar refractivity (Wildman–Crippen MR) is 72.3 cm³/mol. The van der Waals surface area contributed by atoms with Crippen LogP contribution in [0.2, 0.25) is 0 Å². The van der Waals surface area contributed by atoms with Gasteiger partial charge >= 0.3 is 0 Å². The zero-order valence-corrected chi connectivity index (χ0v) is 11.2. The summed E-state index contributed by atoms with van der Waals surface area (Å²) in [5.74, 6) is -0.00873. The van der Waals surface area contributed by atoms with E-state index in [1.165, 1.54) is 0 Å². The number of rotatable bonds is 3. The van der Waals surface area contributed by atoms with E-state index in [9.17, 15) is 4.79 Å². The first-order valence-electron chi connectivity index (χ1n) is 5.86. The molecule has 1 aromatic rings. The summed E-state index contributed by atoms with van der Waals surface area (Å²) in [6.07, 6.45) is 1.77. The zero-order chi connectivity index (χ0) is 13.1. The van der Waals surface area contributed by atoms with Gasteiger partial charge in [-0.2, -0.15) is 5.10 Å². The van der Waals surface area contributed by atoms with Gasteiger partial charge in [-0.25, -0.2) is 0 Å². The summed E-state index contributed by atoms with van der Waals surface area (Å²) in [4.78, 5) is 16.6. The maximum absolute atomic E-state index is 12.1. The molecule has 0 spiro atoms. The Balaban J connectivity index is 1.90. The minimum Gasteiger partial charge on any atom is -0.392 e. The number of thiocarbonyl (C=S) groups is 1. The van der Waals surface area contributed by atoms with Crippen LogP contribution in [0.4, 0.5) is 0 Å². The molecular formula is C11H17N5OS. The Bertz CT molecular complexity index is 450. The van der Waals surface area contributed by atoms with E-state index >= 15 is 0 Å². The van der Waals surface area contributed by atoms with E-state index in [1.807, 2.05) is 4.90 Å². The van der Waals surface area contributed by atoms with Crippen LogP contribution in [0.15, 0.2) is 12.3 Å². The van der Waals surface area contributed by atoms with Gasteiger partial charge in [0, 0.05) is 46.0 Å². The SMILES string of the molecule is Cn1ccc(C(=O)N2CCN(CC(N)=S)CC2)n1. The molecule has 2 N–H and O–H groups in total. The molecule has 0 radical (unpaired) electrons. The van der Waals surface area contributed by atoms with Crippen LogP contribution in [-0.2, 0) is 7.05 Å². The lowest BCUT2D eigenvalue weighted by Gasteiger charge is -2.34. The lowest BCUT2D eigenvalue weighted by atomic mass is 10.3. The molecule has 1 saturated heterocycles. The van der Waals surface area contributed by atoms with Gasteiger partial charge in [0.05, 0.1) is 4.99 Å². The Morgan fingerprint density at radius 2 is 2.11 bits per heavy atom. The van der Waals surface area contributed by atoms with Gasteiger partial charge in [-0.15, -0.1) is 0 Å². The fourth-order valence-corrected chi connectivity index (χ4v) is 2.20. The number of aromatic nitrogens is 2. The molecule has 2 heterocycles. The maximum Gasteiger partial charge on any atom is 0.274 e. The lowest BCUT2D eigenvalue weighted by Crippen LogP contribution is -2.50. The van der Waals surface area contributed by atoms with Crippen molar-refractivity contribution in [2.24, 2.45) is 12.8 Å². The number of hydrogen-bond donors (Lipinski definition) is 1. The van der Waals surface area contributed by atoms with E-state index in [-0.39, 0.29) is 5.91 Å². The number of aryl methyl sites for hydroxylation is 1. The van der Waals surface area contributed by atoms with E-state index in [0.717, 1.165) is 13.1 Å². The second-order valence-electron chi connectivity index (χ2n) is 4.41. The highest BCUT2D eigenvalue weighted by Gasteiger charge is 2.23. The molecule has 98 valence electrons. The van der Waals surface area contributed by atoms with E-state index < -0.39 is 0 Å². The van der Waals surface area contributed by atoms with Crippen molar-refractivity contribution in [2.75, 3.05) is 32.7 Å². The van der Waals surface area contributed by atoms with Gasteiger partial charge in [-0.3, -0.25) is 14.4 Å². The molecule has 7 heteroatoms. The molecule has 1 aliphatic rings. The number of nitrogens with zero attached hydrogens (tertiary/aromatic N) is 4. The molecule has 1 aromatic heterocycles. The Kier molecular flexibility index (Phi) is 3.93. The first-order valence-corrected chi connectivity index (χ1v) is 6.26. The van der Waals surface area contributed by atoms with Gasteiger partial charge in [-0.1, -0.05) is 12.2 Å². The summed E-state index contributed by atoms with van der Waals surface area (Å²) < 4.78 is 1.64. The largest absolute Gasteiger partial charge is 0.392 e. The van der Waals surface area contributed by atoms with Crippen molar-refractivity contribution >= 4 is 23.1 Å². The summed E-state index contributed by atoms with van der Waals surface area (Å²) in [5.41, 5.74) is 6.01. The normalized spacial score (nSPS) is 16.8. The molecule has 18 heavy (non-hydrogen) atoms. The minimum atomic E-state index is -0.00873. The van der Waals surface area contributed by atoms with Crippen LogP contribution in [-0.4, -0.2) is 63.2 Å². The molecule has 0 saturated carbocycles. The van der Waals surface area contributed by atoms with Gasteiger partial charge in [0.25, 0.3) is 5.91 Å². The Morgan fingerprint density at radius 3 is 2.61 bits per heavy atom. The van der Waals surface area contributed by atoms with Crippen molar-refractivity contribution in [2.45, 2.75) is 0 Å². The highest BCUT2D eigenvalue weighted by atomic mass is 32.1. The number of hydrogen-bond acceptors (Lipinski definition) is 4. The third-order valence-corrected chi connectivity index (χ3v) is 3.10. The van der Waals surface area contributed by atoms with Crippen molar-refractivity contribution in [3.05, 3.63) is 18.0 Å². The first kappa shape index (κ1) is 13.0. The van der Waals surface area contributed by atoms with E-state index in [4.69, 9.17) is 18.0 Å². The second-order valence-corrected chi connectivity index (χ2v) is 4.93. The van der Waals surface area contributed by atoms with E-state index in [2.05, 4.69) is 10.00 Å². The van der Waals surface area contributed by atoms with Gasteiger partial charge in [-0.05, 0) is 6.07 Å². The third-order valence-electron chi connectivity index (χ3n) is 2.97. The quantitative estimate of drug-likeness (QED) is 0.745. The average molecular weight is 267 g/mol. The second kappa shape index (κ2) is 5.45. The van der Waals surface area contributed by atoms with Gasteiger partial charge in [0.1, 0.15) is 5.69 Å². The molecule has 0 atom stereocenters. The summed E-state index contributed by atoms with van der Waals surface area (Å²) in [7, 11) is 1.80. The standard InChI is InChI=1S/C11H17N5OS/c1-14-3-2-9(13-14)11(17)16-6-4-15(5-7-16)8-10(12)18/h2-3H,4-8H2,1H3,(H2,12,18). The monoisotopic (exact) mass is 267 g/mol. The number of carbonyl (C=O) groups is 1. The third kappa shape index (κ3) is 3.05. The summed E-state index contributed by atoms with van der Waals surface area (Å²) >= 11 is 4.88. The Hall–Kier alpha value is -1.47. The Morgan fingerprint density at radius 1 is 1.44 bits per heavy atom. The van der Waals surface area contributed by atoms with Crippen LogP contribution in [0.25, 0.3) is 0 Å². The molecule has 0 unspecified atom stereocenters. The zero-order valence-electron chi connectivity index (χ0n) is 10.4. The maximum atomic E-state index is 12.1. The molecule has 0 aromatic carbocycles. The van der Waals surface area contributed by atoms with E-state index in [1.54, 1.807) is 24.0 Å². The molecule has 6 nitrogen and oxygen atoms in total. The van der Waals surface area contributed by atoms with Crippen molar-refractivity contribution in [1.29, 1.82) is 0 Å². The molecular weight excluding hydrogens is 250 g/mol. The average Bonchev–Trinajstić information content (AvgIpc) is 2.75. The van der Waals surface area contributed by atoms with Gasteiger partial charge in [0.15, 0.2) is 0 Å². The van der Waals surface area contributed by atoms with Crippen LogP contribution in [0.5, 0.6) is 0 Å². The summed E-state index contributed by atoms with van der Waals surface area (Å²) in [6, 6.07) is 1.74. The summed E-state index contributed by atoms with van der Waals surface area (Å²) in [5, 5.41) is 4.12. The number of nitrogens with two attached hydrogens (primary N) is 1. The highest BCUT2D eigenvalue weighted by molar-refractivity contribution is 7.80. The minimum absolute atomic E-state index is 0.00873. The molecule has 1 aliphatic heterocycles. The van der Waals surface area contributed by atoms with Gasteiger partial charge in [0.2, 0.25) is 0 Å². The molecule has 0 bridgehead atoms. The number of piperazine rings is 1. The number of amides is 1. The number of carbonyl (C=O) groups excluding carboxylic acids is 1. The fraction of sp³-hybridized carbons (Fsp3) is 0.545.